The van der Waals surface area contributed by atoms with E-state index in [1.54, 1.807) is 31.4 Å². The summed E-state index contributed by atoms with van der Waals surface area (Å²) in [5, 5.41) is 0. The monoisotopic (exact) mass is 320 g/mol. The molecule has 0 radical (unpaired) electrons. The molecule has 0 saturated heterocycles. The molecule has 0 fully saturated rings. The molecule has 19 heavy (non-hydrogen) atoms. The van der Waals surface area contributed by atoms with Gasteiger partial charge in [-0.1, -0.05) is 6.07 Å². The van der Waals surface area contributed by atoms with Crippen LogP contribution in [0.15, 0.2) is 46.9 Å². The predicted octanol–water partition coefficient (Wildman–Crippen LogP) is 3.85. The maximum atomic E-state index is 10.5. The van der Waals surface area contributed by atoms with E-state index in [1.807, 2.05) is 18.2 Å². The highest BCUT2D eigenvalue weighted by atomic mass is 79.9. The van der Waals surface area contributed by atoms with Crippen LogP contribution in [0.3, 0.4) is 0 Å². The zero-order valence-corrected chi connectivity index (χ0v) is 12.0. The van der Waals surface area contributed by atoms with Gasteiger partial charge in [-0.25, -0.2) is 0 Å². The van der Waals surface area contributed by atoms with Crippen molar-refractivity contribution in [1.29, 1.82) is 0 Å². The molecule has 0 aromatic heterocycles. The summed E-state index contributed by atoms with van der Waals surface area (Å²) < 4.78 is 11.7. The quantitative estimate of drug-likeness (QED) is 0.785. The maximum Gasteiger partial charge on any atom is 0.150 e. The Labute approximate surface area is 120 Å². The smallest absolute Gasteiger partial charge is 0.150 e. The van der Waals surface area contributed by atoms with Crippen LogP contribution in [-0.4, -0.2) is 13.4 Å². The molecular formula is C15H13BrO3. The van der Waals surface area contributed by atoms with E-state index in [1.165, 1.54) is 0 Å². The number of aldehydes is 1. The van der Waals surface area contributed by atoms with Crippen LogP contribution in [-0.2, 0) is 6.61 Å². The van der Waals surface area contributed by atoms with E-state index >= 15 is 0 Å². The van der Waals surface area contributed by atoms with Gasteiger partial charge in [-0.3, -0.25) is 4.79 Å². The number of carbonyl (C=O) groups excluding carboxylic acids is 1. The van der Waals surface area contributed by atoms with E-state index < -0.39 is 0 Å². The van der Waals surface area contributed by atoms with Crippen molar-refractivity contribution in [3.05, 3.63) is 58.1 Å². The molecule has 0 spiro atoms. The Bertz CT molecular complexity index is 564. The second-order valence-electron chi connectivity index (χ2n) is 3.94. The number of halogens is 1. The fourth-order valence-corrected chi connectivity index (χ4v) is 2.20. The lowest BCUT2D eigenvalue weighted by molar-refractivity contribution is 0.112. The highest BCUT2D eigenvalue weighted by Gasteiger charge is 2.02. The lowest BCUT2D eigenvalue weighted by atomic mass is 10.2. The summed E-state index contributed by atoms with van der Waals surface area (Å²) in [5.74, 6) is 1.52. The van der Waals surface area contributed by atoms with Gasteiger partial charge in [-0.05, 0) is 57.9 Å². The number of ether oxygens (including phenoxy) is 2. The molecule has 0 heterocycles. The van der Waals surface area contributed by atoms with E-state index in [-0.39, 0.29) is 0 Å². The number of methoxy groups -OCH3 is 1. The van der Waals surface area contributed by atoms with Gasteiger partial charge < -0.3 is 9.47 Å². The molecule has 0 aliphatic carbocycles. The Morgan fingerprint density at radius 2 is 1.89 bits per heavy atom. The first-order chi connectivity index (χ1) is 9.22. The van der Waals surface area contributed by atoms with Gasteiger partial charge >= 0.3 is 0 Å². The maximum absolute atomic E-state index is 10.5. The Morgan fingerprint density at radius 3 is 2.47 bits per heavy atom. The lowest BCUT2D eigenvalue weighted by Gasteiger charge is -2.08. The van der Waals surface area contributed by atoms with Crippen LogP contribution in [0.1, 0.15) is 15.9 Å². The molecule has 0 aliphatic rings. The number of rotatable bonds is 5. The Hall–Kier alpha value is -1.81. The first-order valence-electron chi connectivity index (χ1n) is 5.73. The SMILES string of the molecule is COc1ccc(COc2ccc(C=O)cc2)cc1Br. The minimum Gasteiger partial charge on any atom is -0.496 e. The average molecular weight is 321 g/mol. The van der Waals surface area contributed by atoms with Crippen molar-refractivity contribution in [3.8, 4) is 11.5 Å². The zero-order valence-electron chi connectivity index (χ0n) is 10.4. The summed E-state index contributed by atoms with van der Waals surface area (Å²) in [5.41, 5.74) is 1.67. The van der Waals surface area contributed by atoms with Crippen molar-refractivity contribution in [2.24, 2.45) is 0 Å². The summed E-state index contributed by atoms with van der Waals surface area (Å²) in [6.07, 6.45) is 0.810. The lowest BCUT2D eigenvalue weighted by Crippen LogP contribution is -1.96. The molecule has 0 aliphatic heterocycles. The number of carbonyl (C=O) groups is 1. The molecule has 2 aromatic carbocycles. The van der Waals surface area contributed by atoms with E-state index in [0.29, 0.717) is 12.2 Å². The van der Waals surface area contributed by atoms with Crippen molar-refractivity contribution in [1.82, 2.24) is 0 Å². The van der Waals surface area contributed by atoms with Gasteiger partial charge in [0.05, 0.1) is 11.6 Å². The minimum absolute atomic E-state index is 0.461. The van der Waals surface area contributed by atoms with Crippen LogP contribution in [0.4, 0.5) is 0 Å². The first-order valence-corrected chi connectivity index (χ1v) is 6.52. The highest BCUT2D eigenvalue weighted by molar-refractivity contribution is 9.10. The summed E-state index contributed by atoms with van der Waals surface area (Å²) >= 11 is 3.43. The number of hydrogen-bond acceptors (Lipinski definition) is 3. The largest absolute Gasteiger partial charge is 0.496 e. The molecule has 0 amide bonds. The average Bonchev–Trinajstić information content (AvgIpc) is 2.46. The van der Waals surface area contributed by atoms with Crippen molar-refractivity contribution in [2.45, 2.75) is 6.61 Å². The van der Waals surface area contributed by atoms with Crippen LogP contribution in [0.5, 0.6) is 11.5 Å². The molecular weight excluding hydrogens is 308 g/mol. The number of hydrogen-bond donors (Lipinski definition) is 0. The van der Waals surface area contributed by atoms with Crippen LogP contribution in [0.2, 0.25) is 0 Å². The van der Waals surface area contributed by atoms with Gasteiger partial charge in [0.1, 0.15) is 24.4 Å². The topological polar surface area (TPSA) is 35.5 Å². The third-order valence-corrected chi connectivity index (χ3v) is 3.26. The minimum atomic E-state index is 0.461. The van der Waals surface area contributed by atoms with Crippen LogP contribution in [0.25, 0.3) is 0 Å². The van der Waals surface area contributed by atoms with Gasteiger partial charge in [0, 0.05) is 5.56 Å². The van der Waals surface area contributed by atoms with Crippen LogP contribution < -0.4 is 9.47 Å². The Morgan fingerprint density at radius 1 is 1.16 bits per heavy atom. The van der Waals surface area contributed by atoms with E-state index in [9.17, 15) is 4.79 Å². The Kier molecular flexibility index (Phi) is 4.58. The molecule has 2 rings (SSSR count). The van der Waals surface area contributed by atoms with Gasteiger partial charge in [0.25, 0.3) is 0 Å². The third-order valence-electron chi connectivity index (χ3n) is 2.64. The second-order valence-corrected chi connectivity index (χ2v) is 4.80. The molecule has 0 N–H and O–H groups in total. The van der Waals surface area contributed by atoms with Gasteiger partial charge in [0.15, 0.2) is 0 Å². The molecule has 2 aromatic rings. The van der Waals surface area contributed by atoms with E-state index in [0.717, 1.165) is 27.8 Å². The fraction of sp³-hybridized carbons (Fsp3) is 0.133. The zero-order chi connectivity index (χ0) is 13.7. The van der Waals surface area contributed by atoms with E-state index in [2.05, 4.69) is 15.9 Å². The van der Waals surface area contributed by atoms with Crippen molar-refractivity contribution >= 4 is 22.2 Å². The third kappa shape index (κ3) is 3.58. The fourth-order valence-electron chi connectivity index (χ4n) is 1.61. The standard InChI is InChI=1S/C15H13BrO3/c1-18-15-7-4-12(8-14(15)16)10-19-13-5-2-11(9-17)3-6-13/h2-9H,10H2,1H3. The Balaban J connectivity index is 2.01. The summed E-state index contributed by atoms with van der Waals surface area (Å²) in [4.78, 5) is 10.5. The summed E-state index contributed by atoms with van der Waals surface area (Å²) in [6.45, 7) is 0.461. The highest BCUT2D eigenvalue weighted by Crippen LogP contribution is 2.26. The second kappa shape index (κ2) is 6.38. The van der Waals surface area contributed by atoms with E-state index in [4.69, 9.17) is 9.47 Å². The van der Waals surface area contributed by atoms with Gasteiger partial charge in [-0.2, -0.15) is 0 Å². The number of benzene rings is 2. The molecule has 3 nitrogen and oxygen atoms in total. The molecule has 4 heteroatoms. The molecule has 0 bridgehead atoms. The molecule has 0 atom stereocenters. The summed E-state index contributed by atoms with van der Waals surface area (Å²) in [6, 6.07) is 12.8. The van der Waals surface area contributed by atoms with Gasteiger partial charge in [0.2, 0.25) is 0 Å². The summed E-state index contributed by atoms with van der Waals surface area (Å²) in [7, 11) is 1.63. The molecule has 0 unspecified atom stereocenters. The van der Waals surface area contributed by atoms with Crippen molar-refractivity contribution < 1.29 is 14.3 Å². The van der Waals surface area contributed by atoms with Crippen molar-refractivity contribution in [3.63, 3.8) is 0 Å². The normalized spacial score (nSPS) is 10.0. The first kappa shape index (κ1) is 13.6. The molecule has 98 valence electrons. The molecule has 0 saturated carbocycles. The van der Waals surface area contributed by atoms with Crippen molar-refractivity contribution in [2.75, 3.05) is 7.11 Å². The predicted molar refractivity (Wildman–Crippen MR) is 76.9 cm³/mol. The van der Waals surface area contributed by atoms with Gasteiger partial charge in [-0.15, -0.1) is 0 Å². The van der Waals surface area contributed by atoms with Crippen LogP contribution >= 0.6 is 15.9 Å². The van der Waals surface area contributed by atoms with Crippen LogP contribution in [0, 0.1) is 0 Å².